The lowest BCUT2D eigenvalue weighted by Crippen LogP contribution is -2.23. The Morgan fingerprint density at radius 2 is 1.93 bits per heavy atom. The van der Waals surface area contributed by atoms with Crippen molar-refractivity contribution in [1.82, 2.24) is 0 Å². The number of aliphatic hydroxyl groups excluding tert-OH is 1. The lowest BCUT2D eigenvalue weighted by molar-refractivity contribution is 0.0709. The molecule has 0 spiro atoms. The van der Waals surface area contributed by atoms with Gasteiger partial charge in [0.15, 0.2) is 0 Å². The molecule has 0 saturated carbocycles. The van der Waals surface area contributed by atoms with Gasteiger partial charge < -0.3 is 5.11 Å². The predicted molar refractivity (Wildman–Crippen MR) is 62.4 cm³/mol. The van der Waals surface area contributed by atoms with E-state index in [2.05, 4.69) is 19.1 Å². The van der Waals surface area contributed by atoms with Gasteiger partial charge in [0.25, 0.3) is 0 Å². The molecular formula is C14H16O. The van der Waals surface area contributed by atoms with Crippen molar-refractivity contribution in [1.29, 1.82) is 0 Å². The van der Waals surface area contributed by atoms with E-state index >= 15 is 0 Å². The van der Waals surface area contributed by atoms with Crippen molar-refractivity contribution in [2.24, 2.45) is 5.41 Å². The van der Waals surface area contributed by atoms with Crippen LogP contribution in [0, 0.1) is 5.41 Å². The summed E-state index contributed by atoms with van der Waals surface area (Å²) in [5.41, 5.74) is 0.816. The van der Waals surface area contributed by atoms with Crippen molar-refractivity contribution in [2.45, 2.75) is 19.4 Å². The molecule has 1 aliphatic rings. The molecule has 1 aromatic rings. The van der Waals surface area contributed by atoms with E-state index in [9.17, 15) is 5.11 Å². The van der Waals surface area contributed by atoms with E-state index in [0.29, 0.717) is 0 Å². The van der Waals surface area contributed by atoms with Crippen molar-refractivity contribution in [3.63, 3.8) is 0 Å². The summed E-state index contributed by atoms with van der Waals surface area (Å²) in [5, 5.41) is 10.3. The largest absolute Gasteiger partial charge is 0.388 e. The summed E-state index contributed by atoms with van der Waals surface area (Å²) >= 11 is 0. The molecule has 0 radical (unpaired) electrons. The number of rotatable bonds is 2. The highest BCUT2D eigenvalue weighted by Gasteiger charge is 2.30. The molecule has 1 aromatic carbocycles. The number of hydrogen-bond acceptors (Lipinski definition) is 1. The van der Waals surface area contributed by atoms with Crippen LogP contribution in [-0.4, -0.2) is 5.11 Å². The van der Waals surface area contributed by atoms with Crippen LogP contribution in [0.15, 0.2) is 54.6 Å². The molecule has 0 aromatic heterocycles. The number of hydrogen-bond donors (Lipinski definition) is 1. The molecule has 1 aliphatic carbocycles. The lowest BCUT2D eigenvalue weighted by atomic mass is 9.76. The summed E-state index contributed by atoms with van der Waals surface area (Å²) in [5.74, 6) is 0. The zero-order valence-corrected chi connectivity index (χ0v) is 8.93. The van der Waals surface area contributed by atoms with Gasteiger partial charge in [0.2, 0.25) is 0 Å². The van der Waals surface area contributed by atoms with Gasteiger partial charge in [-0.15, -0.1) is 0 Å². The number of benzene rings is 1. The van der Waals surface area contributed by atoms with Crippen molar-refractivity contribution in [3.05, 3.63) is 60.2 Å². The zero-order chi connectivity index (χ0) is 10.7. The van der Waals surface area contributed by atoms with Crippen molar-refractivity contribution in [3.8, 4) is 0 Å². The van der Waals surface area contributed by atoms with Crippen LogP contribution in [0.2, 0.25) is 0 Å². The lowest BCUT2D eigenvalue weighted by Gasteiger charge is -2.32. The fourth-order valence-corrected chi connectivity index (χ4v) is 1.96. The van der Waals surface area contributed by atoms with Crippen LogP contribution in [0.3, 0.4) is 0 Å². The molecule has 0 heterocycles. The predicted octanol–water partition coefficient (Wildman–Crippen LogP) is 3.24. The first-order chi connectivity index (χ1) is 7.22. The first-order valence-corrected chi connectivity index (χ1v) is 5.30. The maximum absolute atomic E-state index is 10.3. The van der Waals surface area contributed by atoms with Crippen LogP contribution in [0.5, 0.6) is 0 Å². The number of allylic oxidation sites excluding steroid dienone is 3. The van der Waals surface area contributed by atoms with Gasteiger partial charge in [0.05, 0.1) is 6.10 Å². The second kappa shape index (κ2) is 4.03. The van der Waals surface area contributed by atoms with E-state index in [1.165, 1.54) is 0 Å². The molecule has 1 heteroatoms. The monoisotopic (exact) mass is 200 g/mol. The van der Waals surface area contributed by atoms with E-state index in [0.717, 1.165) is 12.0 Å². The van der Waals surface area contributed by atoms with Crippen LogP contribution in [0.25, 0.3) is 0 Å². The average molecular weight is 200 g/mol. The van der Waals surface area contributed by atoms with Gasteiger partial charge >= 0.3 is 0 Å². The summed E-state index contributed by atoms with van der Waals surface area (Å²) < 4.78 is 0. The van der Waals surface area contributed by atoms with Gasteiger partial charge in [0.1, 0.15) is 0 Å². The topological polar surface area (TPSA) is 20.2 Å². The van der Waals surface area contributed by atoms with Crippen LogP contribution in [-0.2, 0) is 0 Å². The highest BCUT2D eigenvalue weighted by atomic mass is 16.3. The Hall–Kier alpha value is -1.34. The molecule has 0 unspecified atom stereocenters. The molecule has 0 aliphatic heterocycles. The second-order valence-electron chi connectivity index (χ2n) is 4.31. The third-order valence-corrected chi connectivity index (χ3v) is 3.02. The summed E-state index contributed by atoms with van der Waals surface area (Å²) in [6.45, 7) is 2.09. The minimum atomic E-state index is -0.431. The SMILES string of the molecule is C[C@]1([C@@H](O)c2ccccc2)C=CC=CC1. The van der Waals surface area contributed by atoms with Crippen molar-refractivity contribution >= 4 is 0 Å². The summed E-state index contributed by atoms with van der Waals surface area (Å²) in [6.07, 6.45) is 8.69. The Morgan fingerprint density at radius 3 is 2.53 bits per heavy atom. The molecule has 0 amide bonds. The third-order valence-electron chi connectivity index (χ3n) is 3.02. The van der Waals surface area contributed by atoms with Gasteiger partial charge in [0, 0.05) is 5.41 Å². The Morgan fingerprint density at radius 1 is 1.20 bits per heavy atom. The average Bonchev–Trinajstić information content (AvgIpc) is 2.30. The summed E-state index contributed by atoms with van der Waals surface area (Å²) in [7, 11) is 0. The third kappa shape index (κ3) is 2.02. The highest BCUT2D eigenvalue weighted by molar-refractivity contribution is 5.25. The molecule has 0 fully saturated rings. The standard InChI is InChI=1S/C14H16O/c1-14(10-6-3-7-11-14)13(15)12-8-4-2-5-9-12/h2-10,13,15H,11H2,1H3/t13-,14-/m0/s1. The van der Waals surface area contributed by atoms with Crippen LogP contribution < -0.4 is 0 Å². The Kier molecular flexibility index (Phi) is 2.74. The van der Waals surface area contributed by atoms with E-state index in [1.54, 1.807) is 0 Å². The quantitative estimate of drug-likeness (QED) is 0.777. The van der Waals surface area contributed by atoms with E-state index in [1.807, 2.05) is 42.5 Å². The Labute approximate surface area is 90.8 Å². The molecule has 78 valence electrons. The van der Waals surface area contributed by atoms with Crippen molar-refractivity contribution in [2.75, 3.05) is 0 Å². The van der Waals surface area contributed by atoms with Crippen molar-refractivity contribution < 1.29 is 5.11 Å². The fraction of sp³-hybridized carbons (Fsp3) is 0.286. The van der Waals surface area contributed by atoms with E-state index in [4.69, 9.17) is 0 Å². The number of aliphatic hydroxyl groups is 1. The Bertz CT molecular complexity index is 378. The van der Waals surface area contributed by atoms with Gasteiger partial charge in [-0.25, -0.2) is 0 Å². The maximum Gasteiger partial charge on any atom is 0.0881 e. The zero-order valence-electron chi connectivity index (χ0n) is 8.93. The molecule has 0 saturated heterocycles. The van der Waals surface area contributed by atoms with Crippen LogP contribution >= 0.6 is 0 Å². The summed E-state index contributed by atoms with van der Waals surface area (Å²) in [4.78, 5) is 0. The Balaban J connectivity index is 2.24. The summed E-state index contributed by atoms with van der Waals surface area (Å²) in [6, 6.07) is 9.84. The molecule has 1 N–H and O–H groups in total. The van der Waals surface area contributed by atoms with E-state index < -0.39 is 6.10 Å². The van der Waals surface area contributed by atoms with Crippen LogP contribution in [0.1, 0.15) is 25.0 Å². The molecule has 15 heavy (non-hydrogen) atoms. The first kappa shape index (κ1) is 10.2. The van der Waals surface area contributed by atoms with Gasteiger partial charge in [-0.2, -0.15) is 0 Å². The molecular weight excluding hydrogens is 184 g/mol. The molecule has 0 bridgehead atoms. The molecule has 2 atom stereocenters. The fourth-order valence-electron chi connectivity index (χ4n) is 1.96. The van der Waals surface area contributed by atoms with Gasteiger partial charge in [-0.3, -0.25) is 0 Å². The second-order valence-corrected chi connectivity index (χ2v) is 4.31. The molecule has 2 rings (SSSR count). The smallest absolute Gasteiger partial charge is 0.0881 e. The molecule has 1 nitrogen and oxygen atoms in total. The minimum absolute atomic E-state index is 0.171. The first-order valence-electron chi connectivity index (χ1n) is 5.30. The van der Waals surface area contributed by atoms with Gasteiger partial charge in [-0.1, -0.05) is 61.6 Å². The maximum atomic E-state index is 10.3. The highest BCUT2D eigenvalue weighted by Crippen LogP contribution is 2.39. The van der Waals surface area contributed by atoms with E-state index in [-0.39, 0.29) is 5.41 Å². The van der Waals surface area contributed by atoms with Crippen LogP contribution in [0.4, 0.5) is 0 Å². The normalized spacial score (nSPS) is 26.5. The minimum Gasteiger partial charge on any atom is -0.388 e. The van der Waals surface area contributed by atoms with Gasteiger partial charge in [-0.05, 0) is 12.0 Å².